The quantitative estimate of drug-likeness (QED) is 0.515. The van der Waals surface area contributed by atoms with Crippen LogP contribution >= 0.6 is 15.9 Å². The van der Waals surface area contributed by atoms with Gasteiger partial charge in [-0.05, 0) is 46.1 Å². The number of furan rings is 1. The van der Waals surface area contributed by atoms with Crippen LogP contribution in [0.5, 0.6) is 5.75 Å². The van der Waals surface area contributed by atoms with Crippen molar-refractivity contribution < 1.29 is 18.7 Å². The zero-order valence-electron chi connectivity index (χ0n) is 13.7. The fraction of sp³-hybridized carbons (Fsp3) is 0.150. The number of hydrogen-bond donors (Lipinski definition) is 0. The first kappa shape index (κ1) is 17.3. The molecule has 0 aliphatic rings. The lowest BCUT2D eigenvalue weighted by atomic mass is 10.1. The molecule has 0 amide bonds. The summed E-state index contributed by atoms with van der Waals surface area (Å²) in [7, 11) is 0. The Labute approximate surface area is 154 Å². The van der Waals surface area contributed by atoms with Crippen molar-refractivity contribution in [2.45, 2.75) is 13.5 Å². The highest BCUT2D eigenvalue weighted by atomic mass is 79.9. The molecule has 0 aliphatic heterocycles. The highest BCUT2D eigenvalue weighted by Gasteiger charge is 2.20. The number of halogens is 1. The largest absolute Gasteiger partial charge is 0.489 e. The van der Waals surface area contributed by atoms with Crippen LogP contribution in [0.4, 0.5) is 0 Å². The lowest BCUT2D eigenvalue weighted by Gasteiger charge is -2.08. The van der Waals surface area contributed by atoms with Gasteiger partial charge in [-0.15, -0.1) is 0 Å². The molecule has 3 aromatic rings. The van der Waals surface area contributed by atoms with Crippen molar-refractivity contribution >= 4 is 21.9 Å². The summed E-state index contributed by atoms with van der Waals surface area (Å²) in [4.78, 5) is 11.9. The van der Waals surface area contributed by atoms with Gasteiger partial charge in [0.1, 0.15) is 18.6 Å². The molecule has 1 aromatic heterocycles. The maximum Gasteiger partial charge on any atom is 0.375 e. The van der Waals surface area contributed by atoms with Crippen LogP contribution in [0.3, 0.4) is 0 Å². The monoisotopic (exact) mass is 400 g/mol. The Hall–Kier alpha value is -2.53. The van der Waals surface area contributed by atoms with Gasteiger partial charge >= 0.3 is 5.97 Å². The average Bonchev–Trinajstić information content (AvgIpc) is 3.03. The second kappa shape index (κ2) is 8.03. The molecule has 0 N–H and O–H groups in total. The fourth-order valence-electron chi connectivity index (χ4n) is 2.37. The summed E-state index contributed by atoms with van der Waals surface area (Å²) in [5.74, 6) is 0.414. The summed E-state index contributed by atoms with van der Waals surface area (Å²) in [5, 5.41) is 0. The smallest absolute Gasteiger partial charge is 0.375 e. The predicted molar refractivity (Wildman–Crippen MR) is 98.6 cm³/mol. The predicted octanol–water partition coefficient (Wildman–Crippen LogP) is 5.46. The molecule has 3 rings (SSSR count). The lowest BCUT2D eigenvalue weighted by molar-refractivity contribution is 0.0488. The van der Waals surface area contributed by atoms with Gasteiger partial charge in [-0.2, -0.15) is 0 Å². The third-order valence-electron chi connectivity index (χ3n) is 3.58. The molecule has 0 bridgehead atoms. The molecule has 0 fully saturated rings. The van der Waals surface area contributed by atoms with Crippen LogP contribution < -0.4 is 4.74 Å². The normalized spacial score (nSPS) is 10.5. The van der Waals surface area contributed by atoms with Crippen molar-refractivity contribution in [3.63, 3.8) is 0 Å². The van der Waals surface area contributed by atoms with Crippen molar-refractivity contribution in [3.05, 3.63) is 76.7 Å². The van der Waals surface area contributed by atoms with Crippen molar-refractivity contribution in [3.8, 4) is 16.9 Å². The molecule has 0 atom stereocenters. The fourth-order valence-corrected chi connectivity index (χ4v) is 2.94. The second-order valence-corrected chi connectivity index (χ2v) is 6.11. The Bertz CT molecular complexity index is 855. The number of carbonyl (C=O) groups excluding carboxylic acids is 1. The Morgan fingerprint density at radius 3 is 2.68 bits per heavy atom. The van der Waals surface area contributed by atoms with Crippen LogP contribution in [0, 0.1) is 0 Å². The first-order valence-corrected chi connectivity index (χ1v) is 8.69. The zero-order valence-corrected chi connectivity index (χ0v) is 15.3. The molecule has 0 saturated carbocycles. The van der Waals surface area contributed by atoms with Crippen LogP contribution in [0.15, 0.2) is 69.8 Å². The van der Waals surface area contributed by atoms with Crippen LogP contribution in [0.1, 0.15) is 23.0 Å². The van der Waals surface area contributed by atoms with E-state index in [-0.39, 0.29) is 5.76 Å². The number of ether oxygens (including phenoxy) is 2. The number of hydrogen-bond acceptors (Lipinski definition) is 4. The molecule has 4 nitrogen and oxygen atoms in total. The number of carbonyl (C=O) groups is 1. The Kier molecular flexibility index (Phi) is 5.56. The number of esters is 1. The van der Waals surface area contributed by atoms with Gasteiger partial charge in [-0.25, -0.2) is 4.79 Å². The van der Waals surface area contributed by atoms with Gasteiger partial charge in [0.15, 0.2) is 0 Å². The molecule has 25 heavy (non-hydrogen) atoms. The number of rotatable bonds is 6. The molecule has 128 valence electrons. The summed E-state index contributed by atoms with van der Waals surface area (Å²) >= 11 is 3.42. The molecule has 0 radical (unpaired) electrons. The van der Waals surface area contributed by atoms with Crippen molar-refractivity contribution in [1.29, 1.82) is 0 Å². The molecule has 0 unspecified atom stereocenters. The van der Waals surface area contributed by atoms with E-state index in [0.717, 1.165) is 22.4 Å². The van der Waals surface area contributed by atoms with Gasteiger partial charge in [0, 0.05) is 5.56 Å². The molecule has 0 spiro atoms. The Morgan fingerprint density at radius 1 is 1.12 bits per heavy atom. The highest BCUT2D eigenvalue weighted by molar-refractivity contribution is 9.10. The van der Waals surface area contributed by atoms with Gasteiger partial charge in [0.25, 0.3) is 0 Å². The van der Waals surface area contributed by atoms with E-state index in [2.05, 4.69) is 15.9 Å². The Morgan fingerprint density at radius 2 is 1.92 bits per heavy atom. The first-order chi connectivity index (χ1) is 12.2. The minimum Gasteiger partial charge on any atom is -0.489 e. The molecule has 0 aliphatic carbocycles. The maximum atomic E-state index is 11.9. The van der Waals surface area contributed by atoms with Crippen molar-refractivity contribution in [1.82, 2.24) is 0 Å². The van der Waals surface area contributed by atoms with Crippen molar-refractivity contribution in [2.24, 2.45) is 0 Å². The summed E-state index contributed by atoms with van der Waals surface area (Å²) in [6.45, 7) is 2.54. The van der Waals surface area contributed by atoms with E-state index < -0.39 is 5.97 Å². The van der Waals surface area contributed by atoms with Gasteiger partial charge in [-0.3, -0.25) is 0 Å². The van der Waals surface area contributed by atoms with Gasteiger partial charge in [0.2, 0.25) is 5.76 Å². The molecular weight excluding hydrogens is 384 g/mol. The van der Waals surface area contributed by atoms with E-state index >= 15 is 0 Å². The van der Waals surface area contributed by atoms with Gasteiger partial charge < -0.3 is 13.9 Å². The zero-order chi connectivity index (χ0) is 17.6. The van der Waals surface area contributed by atoms with E-state index in [4.69, 9.17) is 13.9 Å². The van der Waals surface area contributed by atoms with E-state index in [1.54, 1.807) is 6.92 Å². The maximum absolute atomic E-state index is 11.9. The second-order valence-electron chi connectivity index (χ2n) is 5.32. The van der Waals surface area contributed by atoms with Crippen LogP contribution in [-0.2, 0) is 11.3 Å². The van der Waals surface area contributed by atoms with E-state index in [0.29, 0.717) is 17.7 Å². The van der Waals surface area contributed by atoms with E-state index in [1.807, 2.05) is 54.6 Å². The Balaban J connectivity index is 1.79. The highest BCUT2D eigenvalue weighted by Crippen LogP contribution is 2.35. The van der Waals surface area contributed by atoms with Crippen molar-refractivity contribution in [2.75, 3.05) is 6.61 Å². The molecular formula is C20H17BrO4. The van der Waals surface area contributed by atoms with Gasteiger partial charge in [0.05, 0.1) is 11.1 Å². The minimum atomic E-state index is -0.489. The van der Waals surface area contributed by atoms with Crippen LogP contribution in [0.2, 0.25) is 0 Å². The SMILES string of the molecule is CCOC(=O)c1occ(-c2cccc(OCc3ccccc3)c2)c1Br. The molecule has 2 aromatic carbocycles. The summed E-state index contributed by atoms with van der Waals surface area (Å²) in [6, 6.07) is 17.6. The topological polar surface area (TPSA) is 48.7 Å². The van der Waals surface area contributed by atoms with E-state index in [9.17, 15) is 4.79 Å². The first-order valence-electron chi connectivity index (χ1n) is 7.90. The number of benzene rings is 2. The van der Waals surface area contributed by atoms with Crippen LogP contribution in [0.25, 0.3) is 11.1 Å². The summed E-state index contributed by atoms with van der Waals surface area (Å²) in [6.07, 6.45) is 1.53. The minimum absolute atomic E-state index is 0.160. The summed E-state index contributed by atoms with van der Waals surface area (Å²) in [5.41, 5.74) is 2.76. The lowest BCUT2D eigenvalue weighted by Crippen LogP contribution is -2.03. The molecule has 5 heteroatoms. The van der Waals surface area contributed by atoms with Gasteiger partial charge in [-0.1, -0.05) is 42.5 Å². The van der Waals surface area contributed by atoms with E-state index in [1.165, 1.54) is 6.26 Å². The average molecular weight is 401 g/mol. The molecule has 0 saturated heterocycles. The standard InChI is InChI=1S/C20H17BrO4/c1-2-23-20(22)19-18(21)17(13-25-19)15-9-6-10-16(11-15)24-12-14-7-4-3-5-8-14/h3-11,13H,2,12H2,1H3. The van der Waals surface area contributed by atoms with Crippen LogP contribution in [-0.4, -0.2) is 12.6 Å². The molecule has 1 heterocycles. The summed E-state index contributed by atoms with van der Waals surface area (Å²) < 4.78 is 16.8. The third kappa shape index (κ3) is 4.12. The third-order valence-corrected chi connectivity index (χ3v) is 4.37.